The van der Waals surface area contributed by atoms with Crippen LogP contribution < -0.4 is 5.32 Å². The molecule has 0 aliphatic carbocycles. The summed E-state index contributed by atoms with van der Waals surface area (Å²) in [6, 6.07) is 11.1. The highest BCUT2D eigenvalue weighted by Gasteiger charge is 2.09. The number of halogens is 2. The lowest BCUT2D eigenvalue weighted by Gasteiger charge is -2.18. The smallest absolute Gasteiger partial charge is 0.321 e. The van der Waals surface area contributed by atoms with Crippen LogP contribution in [0.1, 0.15) is 5.56 Å². The van der Waals surface area contributed by atoms with Crippen LogP contribution in [-0.2, 0) is 6.54 Å². The summed E-state index contributed by atoms with van der Waals surface area (Å²) in [7, 11) is 1.63. The van der Waals surface area contributed by atoms with Gasteiger partial charge < -0.3 is 10.2 Å². The molecule has 2 rings (SSSR count). The number of anilines is 1. The largest absolute Gasteiger partial charge is 0.323 e. The second kappa shape index (κ2) is 6.14. The molecule has 0 aromatic heterocycles. The van der Waals surface area contributed by atoms with E-state index in [1.165, 1.54) is 41.3 Å². The molecule has 0 bridgehead atoms. The van der Waals surface area contributed by atoms with E-state index in [1.54, 1.807) is 19.2 Å². The minimum atomic E-state index is -0.359. The van der Waals surface area contributed by atoms with Crippen LogP contribution >= 0.6 is 0 Å². The zero-order valence-electron chi connectivity index (χ0n) is 10.9. The van der Waals surface area contributed by atoms with Crippen molar-refractivity contribution in [3.05, 3.63) is 65.7 Å². The number of hydrogen-bond acceptors (Lipinski definition) is 1. The van der Waals surface area contributed by atoms with Gasteiger partial charge in [-0.1, -0.05) is 12.1 Å². The van der Waals surface area contributed by atoms with Gasteiger partial charge in [-0.15, -0.1) is 0 Å². The Kier molecular flexibility index (Phi) is 4.30. The molecule has 0 unspecified atom stereocenters. The summed E-state index contributed by atoms with van der Waals surface area (Å²) < 4.78 is 25.5. The van der Waals surface area contributed by atoms with Crippen molar-refractivity contribution in [1.82, 2.24) is 4.90 Å². The van der Waals surface area contributed by atoms with Crippen LogP contribution in [0.15, 0.2) is 48.5 Å². The molecule has 3 nitrogen and oxygen atoms in total. The summed E-state index contributed by atoms with van der Waals surface area (Å²) in [5.74, 6) is -0.671. The lowest BCUT2D eigenvalue weighted by atomic mass is 10.2. The molecule has 0 atom stereocenters. The molecule has 0 saturated heterocycles. The predicted molar refractivity (Wildman–Crippen MR) is 73.3 cm³/mol. The van der Waals surface area contributed by atoms with Gasteiger partial charge in [-0.25, -0.2) is 13.6 Å². The Morgan fingerprint density at radius 1 is 1.00 bits per heavy atom. The minimum Gasteiger partial charge on any atom is -0.323 e. The first-order chi connectivity index (χ1) is 9.54. The molecule has 0 saturated carbocycles. The molecular formula is C15H14F2N2O. The van der Waals surface area contributed by atoms with Crippen molar-refractivity contribution in [2.45, 2.75) is 6.54 Å². The lowest BCUT2D eigenvalue weighted by molar-refractivity contribution is 0.220. The molecule has 0 heterocycles. The molecule has 0 aliphatic rings. The van der Waals surface area contributed by atoms with Crippen molar-refractivity contribution in [2.24, 2.45) is 0 Å². The summed E-state index contributed by atoms with van der Waals surface area (Å²) in [6.45, 7) is 0.354. The number of carbonyl (C=O) groups is 1. The van der Waals surface area contributed by atoms with E-state index in [1.807, 2.05) is 0 Å². The van der Waals surface area contributed by atoms with Gasteiger partial charge in [-0.05, 0) is 42.0 Å². The van der Waals surface area contributed by atoms with Gasteiger partial charge in [0.1, 0.15) is 11.6 Å². The van der Waals surface area contributed by atoms with Crippen LogP contribution in [0.4, 0.5) is 19.3 Å². The second-order valence-corrected chi connectivity index (χ2v) is 4.42. The third-order valence-corrected chi connectivity index (χ3v) is 2.78. The van der Waals surface area contributed by atoms with E-state index >= 15 is 0 Å². The fourth-order valence-corrected chi connectivity index (χ4v) is 1.69. The molecule has 2 aromatic rings. The molecular weight excluding hydrogens is 262 g/mol. The number of benzene rings is 2. The Morgan fingerprint density at radius 3 is 2.05 bits per heavy atom. The fraction of sp³-hybridized carbons (Fsp3) is 0.133. The highest BCUT2D eigenvalue weighted by Crippen LogP contribution is 2.10. The number of nitrogens with zero attached hydrogens (tertiary/aromatic N) is 1. The van der Waals surface area contributed by atoms with Crippen molar-refractivity contribution in [1.29, 1.82) is 0 Å². The minimum absolute atomic E-state index is 0.313. The maximum absolute atomic E-state index is 12.8. The summed E-state index contributed by atoms with van der Waals surface area (Å²) in [5.41, 5.74) is 1.34. The Hall–Kier alpha value is -2.43. The van der Waals surface area contributed by atoms with Gasteiger partial charge in [-0.3, -0.25) is 0 Å². The van der Waals surface area contributed by atoms with E-state index in [4.69, 9.17) is 0 Å². The Balaban J connectivity index is 1.94. The van der Waals surface area contributed by atoms with Crippen molar-refractivity contribution in [3.8, 4) is 0 Å². The molecule has 1 N–H and O–H groups in total. The Morgan fingerprint density at radius 2 is 1.50 bits per heavy atom. The third-order valence-electron chi connectivity index (χ3n) is 2.78. The average Bonchev–Trinajstić information content (AvgIpc) is 2.44. The highest BCUT2D eigenvalue weighted by atomic mass is 19.1. The molecule has 5 heteroatoms. The van der Waals surface area contributed by atoms with E-state index < -0.39 is 0 Å². The van der Waals surface area contributed by atoms with Gasteiger partial charge in [0.05, 0.1) is 0 Å². The zero-order chi connectivity index (χ0) is 14.5. The topological polar surface area (TPSA) is 32.3 Å². The van der Waals surface area contributed by atoms with Crippen LogP contribution in [-0.4, -0.2) is 18.0 Å². The summed E-state index contributed by atoms with van der Waals surface area (Å²) in [4.78, 5) is 13.4. The van der Waals surface area contributed by atoms with Crippen molar-refractivity contribution >= 4 is 11.7 Å². The first-order valence-corrected chi connectivity index (χ1v) is 6.07. The highest BCUT2D eigenvalue weighted by molar-refractivity contribution is 5.89. The summed E-state index contributed by atoms with van der Waals surface area (Å²) in [6.07, 6.45) is 0. The van der Waals surface area contributed by atoms with Gasteiger partial charge in [-0.2, -0.15) is 0 Å². The van der Waals surface area contributed by atoms with E-state index in [9.17, 15) is 13.6 Å². The summed E-state index contributed by atoms with van der Waals surface area (Å²) >= 11 is 0. The van der Waals surface area contributed by atoms with E-state index in [0.29, 0.717) is 12.2 Å². The van der Waals surface area contributed by atoms with Gasteiger partial charge >= 0.3 is 6.03 Å². The molecule has 20 heavy (non-hydrogen) atoms. The molecule has 104 valence electrons. The monoisotopic (exact) mass is 276 g/mol. The number of carbonyl (C=O) groups excluding carboxylic acids is 1. The lowest BCUT2D eigenvalue weighted by Crippen LogP contribution is -2.30. The van der Waals surface area contributed by atoms with Gasteiger partial charge in [0, 0.05) is 19.3 Å². The van der Waals surface area contributed by atoms with Crippen LogP contribution in [0.25, 0.3) is 0 Å². The fourth-order valence-electron chi connectivity index (χ4n) is 1.69. The van der Waals surface area contributed by atoms with Gasteiger partial charge in [0.15, 0.2) is 0 Å². The first-order valence-electron chi connectivity index (χ1n) is 6.07. The maximum Gasteiger partial charge on any atom is 0.321 e. The van der Waals surface area contributed by atoms with Crippen molar-refractivity contribution in [3.63, 3.8) is 0 Å². The van der Waals surface area contributed by atoms with Crippen LogP contribution in [0.3, 0.4) is 0 Å². The third kappa shape index (κ3) is 3.78. The van der Waals surface area contributed by atoms with Crippen LogP contribution in [0.5, 0.6) is 0 Å². The van der Waals surface area contributed by atoms with Crippen molar-refractivity contribution < 1.29 is 13.6 Å². The number of urea groups is 1. The van der Waals surface area contributed by atoms with Gasteiger partial charge in [0.2, 0.25) is 0 Å². The molecule has 0 fully saturated rings. The van der Waals surface area contributed by atoms with E-state index in [0.717, 1.165) is 5.56 Å². The first kappa shape index (κ1) is 14.0. The van der Waals surface area contributed by atoms with Crippen LogP contribution in [0, 0.1) is 11.6 Å². The number of amides is 2. The molecule has 2 aromatic carbocycles. The molecule has 0 spiro atoms. The normalized spacial score (nSPS) is 10.2. The summed E-state index contributed by atoms with van der Waals surface area (Å²) in [5, 5.41) is 2.65. The maximum atomic E-state index is 12.8. The van der Waals surface area contributed by atoms with Gasteiger partial charge in [0.25, 0.3) is 0 Å². The number of hydrogen-bond donors (Lipinski definition) is 1. The van der Waals surface area contributed by atoms with Crippen molar-refractivity contribution in [2.75, 3.05) is 12.4 Å². The standard InChI is InChI=1S/C15H14F2N2O/c1-19(10-11-2-4-12(16)5-3-11)15(20)18-14-8-6-13(17)7-9-14/h2-9H,10H2,1H3,(H,18,20). The van der Waals surface area contributed by atoms with E-state index in [2.05, 4.69) is 5.32 Å². The van der Waals surface area contributed by atoms with Crippen LogP contribution in [0.2, 0.25) is 0 Å². The average molecular weight is 276 g/mol. The SMILES string of the molecule is CN(Cc1ccc(F)cc1)C(=O)Nc1ccc(F)cc1. The number of rotatable bonds is 3. The quantitative estimate of drug-likeness (QED) is 0.912. The molecule has 0 aliphatic heterocycles. The molecule has 2 amide bonds. The Labute approximate surface area is 115 Å². The van der Waals surface area contributed by atoms with E-state index in [-0.39, 0.29) is 17.7 Å². The molecule has 0 radical (unpaired) electrons. The number of nitrogens with one attached hydrogen (secondary N) is 1. The predicted octanol–water partition coefficient (Wildman–Crippen LogP) is 3.63. The Bertz CT molecular complexity index is 582. The second-order valence-electron chi connectivity index (χ2n) is 4.42. The zero-order valence-corrected chi connectivity index (χ0v) is 10.9.